The molecule has 3 aromatic rings. The number of nitrogens with two attached hydrogens (primary N) is 1. The van der Waals surface area contributed by atoms with Crippen molar-refractivity contribution < 1.29 is 23.8 Å². The summed E-state index contributed by atoms with van der Waals surface area (Å²) in [6.45, 7) is -0.0410. The minimum absolute atomic E-state index is 0.0992. The lowest BCUT2D eigenvalue weighted by molar-refractivity contribution is -0.133. The highest BCUT2D eigenvalue weighted by Gasteiger charge is 2.19. The van der Waals surface area contributed by atoms with Crippen molar-refractivity contribution >= 4 is 39.9 Å². The number of benzene rings is 3. The van der Waals surface area contributed by atoms with Gasteiger partial charge in [-0.3, -0.25) is 4.79 Å². The number of carbonyl (C=O) groups is 2. The SMILES string of the molecule is COc1ccc2cc(CN(C)C(=O)COC(=O)c3cc(Cl)c(N)cc3OC)ccc2c1. The van der Waals surface area contributed by atoms with Crippen LogP contribution in [-0.2, 0) is 16.1 Å². The molecule has 0 heterocycles. The first-order valence-corrected chi connectivity index (χ1v) is 9.81. The Labute approximate surface area is 185 Å². The molecule has 8 heteroatoms. The molecule has 0 aliphatic carbocycles. The van der Waals surface area contributed by atoms with Gasteiger partial charge in [0, 0.05) is 19.7 Å². The number of ether oxygens (including phenoxy) is 3. The predicted molar refractivity (Wildman–Crippen MR) is 120 cm³/mol. The summed E-state index contributed by atoms with van der Waals surface area (Å²) in [7, 11) is 4.67. The molecule has 1 amide bonds. The van der Waals surface area contributed by atoms with Gasteiger partial charge in [0.25, 0.3) is 5.91 Å². The van der Waals surface area contributed by atoms with Gasteiger partial charge < -0.3 is 24.8 Å². The van der Waals surface area contributed by atoms with Crippen LogP contribution in [0, 0.1) is 0 Å². The van der Waals surface area contributed by atoms with Crippen molar-refractivity contribution in [1.82, 2.24) is 4.90 Å². The Hall–Kier alpha value is -3.45. The molecule has 3 aromatic carbocycles. The van der Waals surface area contributed by atoms with Gasteiger partial charge in [-0.15, -0.1) is 0 Å². The van der Waals surface area contributed by atoms with Crippen LogP contribution in [0.4, 0.5) is 5.69 Å². The Morgan fingerprint density at radius 3 is 2.42 bits per heavy atom. The number of hydrogen-bond donors (Lipinski definition) is 1. The van der Waals surface area contributed by atoms with E-state index in [1.807, 2.05) is 36.4 Å². The molecule has 0 radical (unpaired) electrons. The number of nitrogen functional groups attached to an aromatic ring is 1. The Kier molecular flexibility index (Phi) is 6.87. The molecule has 0 aliphatic heterocycles. The van der Waals surface area contributed by atoms with E-state index < -0.39 is 12.6 Å². The Bertz CT molecular complexity index is 1130. The maximum atomic E-state index is 12.5. The predicted octanol–water partition coefficient (Wildman–Crippen LogP) is 3.91. The Morgan fingerprint density at radius 1 is 1.00 bits per heavy atom. The summed E-state index contributed by atoms with van der Waals surface area (Å²) in [5.41, 5.74) is 7.05. The summed E-state index contributed by atoms with van der Waals surface area (Å²) >= 11 is 5.98. The number of rotatable bonds is 7. The standard InChI is InChI=1S/C23H23ClN2O5/c1-26(12-14-4-5-16-9-17(29-2)7-6-15(16)8-14)22(27)13-31-23(28)18-10-19(24)20(25)11-21(18)30-3/h4-11H,12-13,25H2,1-3H3. The molecule has 0 atom stereocenters. The topological polar surface area (TPSA) is 91.1 Å². The lowest BCUT2D eigenvalue weighted by Crippen LogP contribution is -2.30. The van der Waals surface area contributed by atoms with E-state index in [0.29, 0.717) is 6.54 Å². The molecule has 0 spiro atoms. The van der Waals surface area contributed by atoms with Gasteiger partial charge in [-0.25, -0.2) is 4.79 Å². The van der Waals surface area contributed by atoms with Gasteiger partial charge in [-0.05, 0) is 40.6 Å². The number of nitrogens with zero attached hydrogens (tertiary/aromatic N) is 1. The van der Waals surface area contributed by atoms with Gasteiger partial charge in [-0.2, -0.15) is 0 Å². The van der Waals surface area contributed by atoms with E-state index in [1.54, 1.807) is 14.2 Å². The Balaban J connectivity index is 1.62. The molecule has 162 valence electrons. The number of carbonyl (C=O) groups excluding carboxylic acids is 2. The van der Waals surface area contributed by atoms with E-state index in [2.05, 4.69) is 0 Å². The molecule has 0 bridgehead atoms. The van der Waals surface area contributed by atoms with Gasteiger partial charge >= 0.3 is 5.97 Å². The molecule has 31 heavy (non-hydrogen) atoms. The number of methoxy groups -OCH3 is 2. The molecule has 0 aromatic heterocycles. The number of likely N-dealkylation sites (N-methyl/N-ethyl adjacent to an activating group) is 1. The summed E-state index contributed by atoms with van der Waals surface area (Å²) in [6, 6.07) is 14.5. The molecule has 0 aliphatic rings. The third-order valence-corrected chi connectivity index (χ3v) is 5.15. The van der Waals surface area contributed by atoms with Crippen LogP contribution in [0.5, 0.6) is 11.5 Å². The van der Waals surface area contributed by atoms with Crippen molar-refractivity contribution in [3.8, 4) is 11.5 Å². The second kappa shape index (κ2) is 9.57. The maximum Gasteiger partial charge on any atom is 0.342 e. The van der Waals surface area contributed by atoms with Crippen molar-refractivity contribution in [2.75, 3.05) is 33.6 Å². The van der Waals surface area contributed by atoms with Crippen molar-refractivity contribution in [2.24, 2.45) is 0 Å². The first-order valence-electron chi connectivity index (χ1n) is 9.43. The molecule has 0 unspecified atom stereocenters. The fourth-order valence-corrected chi connectivity index (χ4v) is 3.24. The molecule has 3 rings (SSSR count). The van der Waals surface area contributed by atoms with Crippen LogP contribution in [-0.4, -0.2) is 44.7 Å². The van der Waals surface area contributed by atoms with Crippen LogP contribution in [0.15, 0.2) is 48.5 Å². The van der Waals surface area contributed by atoms with Crippen molar-refractivity contribution in [3.63, 3.8) is 0 Å². The van der Waals surface area contributed by atoms with E-state index in [0.717, 1.165) is 22.1 Å². The van der Waals surface area contributed by atoms with E-state index in [-0.39, 0.29) is 27.9 Å². The van der Waals surface area contributed by atoms with Crippen LogP contribution >= 0.6 is 11.6 Å². The largest absolute Gasteiger partial charge is 0.497 e. The molecule has 2 N–H and O–H groups in total. The number of hydrogen-bond acceptors (Lipinski definition) is 6. The molecule has 0 fully saturated rings. The fourth-order valence-electron chi connectivity index (χ4n) is 3.07. The second-order valence-electron chi connectivity index (χ2n) is 6.95. The summed E-state index contributed by atoms with van der Waals surface area (Å²) in [6.07, 6.45) is 0. The van der Waals surface area contributed by atoms with Gasteiger partial charge in [0.05, 0.1) is 24.9 Å². The number of amides is 1. The van der Waals surface area contributed by atoms with Gasteiger partial charge in [0.15, 0.2) is 6.61 Å². The van der Waals surface area contributed by atoms with Crippen LogP contribution in [0.2, 0.25) is 5.02 Å². The van der Waals surface area contributed by atoms with Gasteiger partial charge in [0.1, 0.15) is 17.1 Å². The smallest absolute Gasteiger partial charge is 0.342 e. The summed E-state index contributed by atoms with van der Waals surface area (Å²) in [4.78, 5) is 26.3. The molecule has 0 saturated carbocycles. The average Bonchev–Trinajstić information content (AvgIpc) is 2.78. The highest BCUT2D eigenvalue weighted by molar-refractivity contribution is 6.33. The zero-order chi connectivity index (χ0) is 22.5. The first kappa shape index (κ1) is 22.2. The average molecular weight is 443 g/mol. The Morgan fingerprint density at radius 2 is 1.71 bits per heavy atom. The normalized spacial score (nSPS) is 10.6. The highest BCUT2D eigenvalue weighted by atomic mass is 35.5. The number of halogens is 1. The van der Waals surface area contributed by atoms with E-state index >= 15 is 0 Å². The van der Waals surface area contributed by atoms with E-state index in [9.17, 15) is 9.59 Å². The lowest BCUT2D eigenvalue weighted by Gasteiger charge is -2.18. The van der Waals surface area contributed by atoms with E-state index in [4.69, 9.17) is 31.5 Å². The molecule has 7 nitrogen and oxygen atoms in total. The van der Waals surface area contributed by atoms with Gasteiger partial charge in [0.2, 0.25) is 0 Å². The van der Waals surface area contributed by atoms with E-state index in [1.165, 1.54) is 24.1 Å². The summed E-state index contributed by atoms with van der Waals surface area (Å²) in [5, 5.41) is 2.28. The zero-order valence-electron chi connectivity index (χ0n) is 17.5. The fraction of sp³-hybridized carbons (Fsp3) is 0.217. The minimum atomic E-state index is -0.722. The van der Waals surface area contributed by atoms with Crippen LogP contribution in [0.25, 0.3) is 10.8 Å². The monoisotopic (exact) mass is 442 g/mol. The lowest BCUT2D eigenvalue weighted by atomic mass is 10.1. The highest BCUT2D eigenvalue weighted by Crippen LogP contribution is 2.29. The molecule has 0 saturated heterocycles. The third-order valence-electron chi connectivity index (χ3n) is 4.82. The second-order valence-corrected chi connectivity index (χ2v) is 7.35. The minimum Gasteiger partial charge on any atom is -0.497 e. The maximum absolute atomic E-state index is 12.5. The van der Waals surface area contributed by atoms with Gasteiger partial charge in [-0.1, -0.05) is 29.8 Å². The van der Waals surface area contributed by atoms with Crippen LogP contribution in [0.3, 0.4) is 0 Å². The zero-order valence-corrected chi connectivity index (χ0v) is 18.2. The van der Waals surface area contributed by atoms with Crippen molar-refractivity contribution in [2.45, 2.75) is 6.54 Å². The van der Waals surface area contributed by atoms with Crippen molar-refractivity contribution in [3.05, 3.63) is 64.7 Å². The number of fused-ring (bicyclic) bond motifs is 1. The molecular weight excluding hydrogens is 420 g/mol. The first-order chi connectivity index (χ1) is 14.8. The summed E-state index contributed by atoms with van der Waals surface area (Å²) < 4.78 is 15.5. The van der Waals surface area contributed by atoms with Crippen LogP contribution in [0.1, 0.15) is 15.9 Å². The van der Waals surface area contributed by atoms with Crippen LogP contribution < -0.4 is 15.2 Å². The number of anilines is 1. The number of esters is 1. The third kappa shape index (κ3) is 5.19. The van der Waals surface area contributed by atoms with Crippen molar-refractivity contribution in [1.29, 1.82) is 0 Å². The quantitative estimate of drug-likeness (QED) is 0.440. The summed E-state index contributed by atoms with van der Waals surface area (Å²) in [5.74, 6) is -0.0577. The molecular formula is C23H23ClN2O5.